The van der Waals surface area contributed by atoms with Gasteiger partial charge in [0.25, 0.3) is 5.91 Å². The van der Waals surface area contributed by atoms with Gasteiger partial charge in [-0.05, 0) is 44.4 Å². The molecule has 1 aliphatic heterocycles. The number of aromatic nitrogens is 2. The molecule has 0 bridgehead atoms. The van der Waals surface area contributed by atoms with E-state index in [0.29, 0.717) is 12.2 Å². The van der Waals surface area contributed by atoms with Gasteiger partial charge in [-0.3, -0.25) is 4.79 Å². The molecule has 3 heterocycles. The van der Waals surface area contributed by atoms with Crippen LogP contribution in [0.3, 0.4) is 0 Å². The Bertz CT molecular complexity index is 587. The zero-order valence-electron chi connectivity index (χ0n) is 11.5. The summed E-state index contributed by atoms with van der Waals surface area (Å²) in [5, 5.41) is 10.8. The molecule has 0 radical (unpaired) electrons. The van der Waals surface area contributed by atoms with Crippen LogP contribution in [0.15, 0.2) is 24.4 Å². The van der Waals surface area contributed by atoms with Gasteiger partial charge in [0.1, 0.15) is 11.3 Å². The molecule has 5 nitrogen and oxygen atoms in total. The number of carbonyl (C=O) groups is 1. The first-order valence-corrected chi connectivity index (χ1v) is 7.09. The van der Waals surface area contributed by atoms with Gasteiger partial charge in [-0.25, -0.2) is 4.98 Å². The van der Waals surface area contributed by atoms with Crippen molar-refractivity contribution in [2.45, 2.75) is 38.3 Å². The van der Waals surface area contributed by atoms with Crippen molar-refractivity contribution in [1.29, 1.82) is 0 Å². The molecule has 1 amide bonds. The van der Waals surface area contributed by atoms with Crippen LogP contribution >= 0.6 is 0 Å². The maximum Gasteiger partial charge on any atom is 0.270 e. The Labute approximate surface area is 117 Å². The van der Waals surface area contributed by atoms with Gasteiger partial charge in [-0.2, -0.15) is 0 Å². The van der Waals surface area contributed by atoms with Crippen LogP contribution in [0.2, 0.25) is 0 Å². The highest BCUT2D eigenvalue weighted by Crippen LogP contribution is 2.23. The summed E-state index contributed by atoms with van der Waals surface area (Å²) in [5.74, 6) is -0.0476. The van der Waals surface area contributed by atoms with Crippen LogP contribution in [0.5, 0.6) is 0 Å². The Morgan fingerprint density at radius 1 is 1.55 bits per heavy atom. The summed E-state index contributed by atoms with van der Waals surface area (Å²) in [6.45, 7) is 2.46. The predicted molar refractivity (Wildman–Crippen MR) is 76.5 cm³/mol. The third-order valence-electron chi connectivity index (χ3n) is 3.99. The fourth-order valence-corrected chi connectivity index (χ4v) is 2.94. The van der Waals surface area contributed by atoms with Gasteiger partial charge in [0.15, 0.2) is 0 Å². The zero-order chi connectivity index (χ0) is 14.1. The van der Waals surface area contributed by atoms with Gasteiger partial charge in [0.05, 0.1) is 12.1 Å². The number of aliphatic hydroxyl groups is 1. The summed E-state index contributed by atoms with van der Waals surface area (Å²) in [6.07, 6.45) is 4.12. The lowest BCUT2D eigenvalue weighted by Gasteiger charge is -2.37. The van der Waals surface area contributed by atoms with Crippen LogP contribution in [0.1, 0.15) is 36.7 Å². The molecule has 2 N–H and O–H groups in total. The second-order valence-corrected chi connectivity index (χ2v) is 5.43. The second-order valence-electron chi connectivity index (χ2n) is 5.43. The van der Waals surface area contributed by atoms with Gasteiger partial charge in [0, 0.05) is 18.1 Å². The average Bonchev–Trinajstić information content (AvgIpc) is 2.90. The number of aromatic amines is 1. The fraction of sp³-hybridized carbons (Fsp3) is 0.467. The molecular weight excluding hydrogens is 254 g/mol. The molecule has 5 heteroatoms. The Morgan fingerprint density at radius 2 is 2.40 bits per heavy atom. The maximum absolute atomic E-state index is 12.6. The van der Waals surface area contributed by atoms with Crippen LogP contribution < -0.4 is 0 Å². The highest BCUT2D eigenvalue weighted by atomic mass is 16.3. The maximum atomic E-state index is 12.6. The number of rotatable bonds is 2. The van der Waals surface area contributed by atoms with E-state index in [2.05, 4.69) is 9.97 Å². The normalized spacial score (nSPS) is 21.1. The second kappa shape index (κ2) is 5.25. The Hall–Kier alpha value is -1.88. The van der Waals surface area contributed by atoms with Crippen molar-refractivity contribution >= 4 is 16.9 Å². The van der Waals surface area contributed by atoms with Crippen molar-refractivity contribution in [3.05, 3.63) is 30.1 Å². The zero-order valence-corrected chi connectivity index (χ0v) is 11.5. The molecule has 0 aromatic carbocycles. The van der Waals surface area contributed by atoms with E-state index < -0.39 is 6.10 Å². The molecule has 1 fully saturated rings. The number of piperidine rings is 1. The highest BCUT2D eigenvalue weighted by Gasteiger charge is 2.31. The molecule has 1 aliphatic rings. The summed E-state index contributed by atoms with van der Waals surface area (Å²) < 4.78 is 0. The third-order valence-corrected chi connectivity index (χ3v) is 3.99. The van der Waals surface area contributed by atoms with Crippen molar-refractivity contribution in [3.63, 3.8) is 0 Å². The van der Waals surface area contributed by atoms with Crippen LogP contribution in [0.4, 0.5) is 0 Å². The van der Waals surface area contributed by atoms with Crippen LogP contribution in [-0.2, 0) is 0 Å². The molecular formula is C15H19N3O2. The molecule has 2 aromatic rings. The van der Waals surface area contributed by atoms with E-state index in [4.69, 9.17) is 0 Å². The van der Waals surface area contributed by atoms with Crippen LogP contribution in [-0.4, -0.2) is 44.6 Å². The molecule has 2 aromatic heterocycles. The number of H-pyrrole nitrogens is 1. The lowest BCUT2D eigenvalue weighted by molar-refractivity contribution is 0.0277. The van der Waals surface area contributed by atoms with Crippen molar-refractivity contribution in [1.82, 2.24) is 14.9 Å². The largest absolute Gasteiger partial charge is 0.391 e. The van der Waals surface area contributed by atoms with Crippen LogP contribution in [0.25, 0.3) is 11.0 Å². The average molecular weight is 273 g/mol. The monoisotopic (exact) mass is 273 g/mol. The van der Waals surface area contributed by atoms with Crippen molar-refractivity contribution < 1.29 is 9.90 Å². The van der Waals surface area contributed by atoms with Crippen molar-refractivity contribution in [3.8, 4) is 0 Å². The third kappa shape index (κ3) is 2.29. The van der Waals surface area contributed by atoms with Gasteiger partial charge >= 0.3 is 0 Å². The molecule has 106 valence electrons. The van der Waals surface area contributed by atoms with Gasteiger partial charge in [-0.1, -0.05) is 0 Å². The number of fused-ring (bicyclic) bond motifs is 1. The number of hydrogen-bond acceptors (Lipinski definition) is 3. The summed E-state index contributed by atoms with van der Waals surface area (Å²) in [7, 11) is 0. The minimum absolute atomic E-state index is 0.0476. The van der Waals surface area contributed by atoms with E-state index in [0.717, 1.165) is 30.3 Å². The predicted octanol–water partition coefficient (Wildman–Crippen LogP) is 1.94. The number of hydrogen-bond donors (Lipinski definition) is 2. The summed E-state index contributed by atoms with van der Waals surface area (Å²) in [5.41, 5.74) is 1.27. The van der Waals surface area contributed by atoms with E-state index in [9.17, 15) is 9.90 Å². The number of aliphatic hydroxyl groups excluding tert-OH is 1. The quantitative estimate of drug-likeness (QED) is 0.878. The molecule has 0 spiro atoms. The van der Waals surface area contributed by atoms with Crippen molar-refractivity contribution in [2.24, 2.45) is 0 Å². The van der Waals surface area contributed by atoms with E-state index >= 15 is 0 Å². The highest BCUT2D eigenvalue weighted by molar-refractivity contribution is 5.97. The summed E-state index contributed by atoms with van der Waals surface area (Å²) >= 11 is 0. The lowest BCUT2D eigenvalue weighted by Crippen LogP contribution is -2.49. The number of nitrogens with zero attached hydrogens (tertiary/aromatic N) is 2. The number of pyridine rings is 1. The van der Waals surface area contributed by atoms with Gasteiger partial charge in [0.2, 0.25) is 0 Å². The molecule has 0 aliphatic carbocycles. The fourth-order valence-electron chi connectivity index (χ4n) is 2.94. The number of likely N-dealkylation sites (tertiary alicyclic amines) is 1. The Kier molecular flexibility index (Phi) is 3.44. The SMILES string of the molecule is CC(O)C1CCCCN1C(=O)c1cc2cccnc2[nH]1. The molecule has 3 rings (SSSR count). The molecule has 20 heavy (non-hydrogen) atoms. The van der Waals surface area contributed by atoms with E-state index in [1.807, 2.05) is 18.2 Å². The Balaban J connectivity index is 1.90. The minimum atomic E-state index is -0.498. The summed E-state index contributed by atoms with van der Waals surface area (Å²) in [4.78, 5) is 21.7. The molecule has 2 unspecified atom stereocenters. The molecule has 1 saturated heterocycles. The molecule has 0 saturated carbocycles. The van der Waals surface area contributed by atoms with Crippen LogP contribution in [0, 0.1) is 0 Å². The number of amides is 1. The first-order chi connectivity index (χ1) is 9.66. The molecule has 2 atom stereocenters. The topological polar surface area (TPSA) is 69.2 Å². The van der Waals surface area contributed by atoms with E-state index in [1.54, 1.807) is 18.0 Å². The summed E-state index contributed by atoms with van der Waals surface area (Å²) in [6, 6.07) is 5.52. The smallest absolute Gasteiger partial charge is 0.270 e. The first kappa shape index (κ1) is 13.1. The van der Waals surface area contributed by atoms with Gasteiger partial charge in [-0.15, -0.1) is 0 Å². The Morgan fingerprint density at radius 3 is 3.15 bits per heavy atom. The number of carbonyl (C=O) groups excluding carboxylic acids is 1. The number of nitrogens with one attached hydrogen (secondary N) is 1. The first-order valence-electron chi connectivity index (χ1n) is 7.09. The van der Waals surface area contributed by atoms with Gasteiger partial charge < -0.3 is 15.0 Å². The lowest BCUT2D eigenvalue weighted by atomic mass is 9.98. The minimum Gasteiger partial charge on any atom is -0.391 e. The van der Waals surface area contributed by atoms with E-state index in [1.165, 1.54) is 0 Å². The standard InChI is InChI=1S/C15H19N3O2/c1-10(19)13-6-2-3-8-18(13)15(20)12-9-11-5-4-7-16-14(11)17-12/h4-5,7,9-10,13,19H,2-3,6,8H2,1H3,(H,16,17). The van der Waals surface area contributed by atoms with Crippen molar-refractivity contribution in [2.75, 3.05) is 6.54 Å². The van der Waals surface area contributed by atoms with E-state index in [-0.39, 0.29) is 11.9 Å².